The van der Waals surface area contributed by atoms with Crippen LogP contribution in [0.4, 0.5) is 8.78 Å². The van der Waals surface area contributed by atoms with Gasteiger partial charge in [-0.15, -0.1) is 19.6 Å². The maximum atomic E-state index is 13.4. The fraction of sp³-hybridized carbons (Fsp3) is 0.269. The number of alkyl halides is 2. The standard InChI is InChI=1S/C26H25F2NO5S/c1-16-13-17(3-9-21(16)18-4-7-20(8-5-18)35(31,32)29-2)14-24(30)25(11-12-25)19-6-10-22-23(15-19)34-26(27,28)33-22/h3-10,13,15,29,31-32H,11-12,14H2,1-2H3. The molecule has 1 aliphatic heterocycles. The van der Waals surface area contributed by atoms with Gasteiger partial charge in [-0.2, -0.15) is 0 Å². The molecule has 2 aliphatic rings. The lowest BCUT2D eigenvalue weighted by atomic mass is 9.87. The Bertz CT molecular complexity index is 1310. The first-order valence-corrected chi connectivity index (χ1v) is 12.7. The lowest BCUT2D eigenvalue weighted by Crippen LogP contribution is -2.26. The SMILES string of the molecule is CNS(O)(O)c1ccc(-c2ccc(CC(=O)C3(c4ccc5c(c4)OC(F)(F)O5)CC3)cc2C)cc1. The van der Waals surface area contributed by atoms with E-state index in [1.165, 1.54) is 19.2 Å². The van der Waals surface area contributed by atoms with E-state index in [1.807, 2.05) is 37.3 Å². The number of carbonyl (C=O) groups excluding carboxylic acids is 1. The number of fused-ring (bicyclic) bond motifs is 1. The Balaban J connectivity index is 1.33. The van der Waals surface area contributed by atoms with Gasteiger partial charge >= 0.3 is 6.29 Å². The monoisotopic (exact) mass is 501 g/mol. The normalized spacial score (nSPS) is 17.8. The summed E-state index contributed by atoms with van der Waals surface area (Å²) >= 11 is 0. The van der Waals surface area contributed by atoms with Crippen molar-refractivity contribution >= 4 is 16.6 Å². The minimum atomic E-state index is -3.69. The molecule has 5 rings (SSSR count). The summed E-state index contributed by atoms with van der Waals surface area (Å²) < 4.78 is 58.3. The molecule has 0 saturated heterocycles. The van der Waals surface area contributed by atoms with Crippen molar-refractivity contribution in [1.82, 2.24) is 4.72 Å². The van der Waals surface area contributed by atoms with Crippen LogP contribution in [0.3, 0.4) is 0 Å². The number of Topliss-reactive ketones (excluding diaryl/α,β-unsaturated/α-hetero) is 1. The van der Waals surface area contributed by atoms with Crippen molar-refractivity contribution in [2.24, 2.45) is 0 Å². The summed E-state index contributed by atoms with van der Waals surface area (Å²) in [6, 6.07) is 17.4. The van der Waals surface area contributed by atoms with Crippen molar-refractivity contribution in [2.75, 3.05) is 7.05 Å². The molecule has 184 valence electrons. The van der Waals surface area contributed by atoms with E-state index < -0.39 is 22.5 Å². The Labute approximate surface area is 203 Å². The summed E-state index contributed by atoms with van der Waals surface area (Å²) in [5.41, 5.74) is 3.74. The molecule has 0 spiro atoms. The molecule has 3 N–H and O–H groups in total. The van der Waals surface area contributed by atoms with Gasteiger partial charge in [-0.3, -0.25) is 13.9 Å². The summed E-state index contributed by atoms with van der Waals surface area (Å²) in [6.07, 6.45) is -2.13. The average molecular weight is 502 g/mol. The zero-order chi connectivity index (χ0) is 25.0. The summed E-state index contributed by atoms with van der Waals surface area (Å²) in [6.45, 7) is 1.96. The zero-order valence-corrected chi connectivity index (χ0v) is 20.0. The Morgan fingerprint density at radius 3 is 2.31 bits per heavy atom. The number of aryl methyl sites for hydroxylation is 1. The third-order valence-electron chi connectivity index (χ3n) is 6.67. The number of ketones is 1. The van der Waals surface area contributed by atoms with E-state index >= 15 is 0 Å². The van der Waals surface area contributed by atoms with E-state index in [0.29, 0.717) is 23.3 Å². The fourth-order valence-corrected chi connectivity index (χ4v) is 5.31. The molecule has 0 atom stereocenters. The highest BCUT2D eigenvalue weighted by Crippen LogP contribution is 2.52. The molecule has 9 heteroatoms. The van der Waals surface area contributed by atoms with Crippen molar-refractivity contribution < 1.29 is 32.2 Å². The maximum Gasteiger partial charge on any atom is 0.586 e. The Morgan fingerprint density at radius 1 is 1.00 bits per heavy atom. The van der Waals surface area contributed by atoms with Gasteiger partial charge in [0.25, 0.3) is 0 Å². The number of carbonyl (C=O) groups is 1. The van der Waals surface area contributed by atoms with Gasteiger partial charge in [0, 0.05) is 13.5 Å². The first-order chi connectivity index (χ1) is 16.5. The van der Waals surface area contributed by atoms with Crippen LogP contribution in [0, 0.1) is 6.92 Å². The second-order valence-electron chi connectivity index (χ2n) is 8.94. The van der Waals surface area contributed by atoms with Crippen LogP contribution >= 0.6 is 10.8 Å². The first kappa shape index (κ1) is 23.7. The molecule has 35 heavy (non-hydrogen) atoms. The third-order valence-corrected chi connectivity index (χ3v) is 8.17. The molecule has 3 aromatic rings. The number of hydrogen-bond donors (Lipinski definition) is 3. The molecular formula is C26H25F2NO5S. The molecule has 0 unspecified atom stereocenters. The van der Waals surface area contributed by atoms with Gasteiger partial charge in [0.05, 0.1) is 10.3 Å². The smallest absolute Gasteiger partial charge is 0.395 e. The number of hydrogen-bond acceptors (Lipinski definition) is 6. The topological polar surface area (TPSA) is 88.0 Å². The summed E-state index contributed by atoms with van der Waals surface area (Å²) in [7, 11) is -1.52. The van der Waals surface area contributed by atoms with E-state index in [2.05, 4.69) is 14.2 Å². The fourth-order valence-electron chi connectivity index (χ4n) is 4.56. The number of nitrogens with one attached hydrogen (secondary N) is 1. The highest BCUT2D eigenvalue weighted by atomic mass is 32.3. The molecule has 6 nitrogen and oxygen atoms in total. The largest absolute Gasteiger partial charge is 0.586 e. The van der Waals surface area contributed by atoms with Gasteiger partial charge in [-0.05, 0) is 71.8 Å². The third kappa shape index (κ3) is 4.40. The van der Waals surface area contributed by atoms with Gasteiger partial charge in [0.2, 0.25) is 0 Å². The first-order valence-electron chi connectivity index (χ1n) is 11.1. The number of rotatable bonds is 7. The van der Waals surface area contributed by atoms with Gasteiger partial charge in [-0.25, -0.2) is 4.72 Å². The molecule has 1 heterocycles. The van der Waals surface area contributed by atoms with Crippen LogP contribution in [-0.4, -0.2) is 28.2 Å². The molecule has 0 radical (unpaired) electrons. The minimum absolute atomic E-state index is 0.0303. The summed E-state index contributed by atoms with van der Waals surface area (Å²) in [5, 5.41) is 0. The van der Waals surface area contributed by atoms with Crippen LogP contribution in [-0.2, 0) is 16.6 Å². The lowest BCUT2D eigenvalue weighted by Gasteiger charge is -2.31. The van der Waals surface area contributed by atoms with Crippen molar-refractivity contribution in [3.8, 4) is 22.6 Å². The van der Waals surface area contributed by atoms with Crippen molar-refractivity contribution in [2.45, 2.75) is 42.8 Å². The molecule has 1 aliphatic carbocycles. The average Bonchev–Trinajstić information content (AvgIpc) is 3.56. The van der Waals surface area contributed by atoms with Crippen LogP contribution in [0.1, 0.15) is 29.5 Å². The molecule has 1 saturated carbocycles. The van der Waals surface area contributed by atoms with Crippen LogP contribution in [0.5, 0.6) is 11.5 Å². The predicted molar refractivity (Wildman–Crippen MR) is 129 cm³/mol. The van der Waals surface area contributed by atoms with E-state index in [-0.39, 0.29) is 23.7 Å². The molecular weight excluding hydrogens is 476 g/mol. The van der Waals surface area contributed by atoms with Gasteiger partial charge in [0.15, 0.2) is 11.5 Å². The van der Waals surface area contributed by atoms with E-state index in [0.717, 1.165) is 22.3 Å². The maximum absolute atomic E-state index is 13.4. The van der Waals surface area contributed by atoms with Gasteiger partial charge < -0.3 is 9.47 Å². The second-order valence-corrected chi connectivity index (χ2v) is 10.9. The van der Waals surface area contributed by atoms with E-state index in [1.54, 1.807) is 18.2 Å². The molecule has 0 bridgehead atoms. The number of halogens is 2. The molecule has 3 aromatic carbocycles. The quantitative estimate of drug-likeness (QED) is 0.364. The van der Waals surface area contributed by atoms with Crippen molar-refractivity contribution in [1.29, 1.82) is 0 Å². The lowest BCUT2D eigenvalue weighted by molar-refractivity contribution is -0.286. The van der Waals surface area contributed by atoms with E-state index in [9.17, 15) is 22.7 Å². The van der Waals surface area contributed by atoms with Gasteiger partial charge in [-0.1, -0.05) is 36.4 Å². The summed E-state index contributed by atoms with van der Waals surface area (Å²) in [5.74, 6) is -0.0390. The molecule has 0 aromatic heterocycles. The predicted octanol–water partition coefficient (Wildman–Crippen LogP) is 6.07. The minimum Gasteiger partial charge on any atom is -0.395 e. The number of benzene rings is 3. The van der Waals surface area contributed by atoms with Crippen molar-refractivity contribution in [3.63, 3.8) is 0 Å². The van der Waals surface area contributed by atoms with Gasteiger partial charge in [0.1, 0.15) is 5.78 Å². The van der Waals surface area contributed by atoms with Crippen LogP contribution in [0.2, 0.25) is 0 Å². The van der Waals surface area contributed by atoms with Crippen LogP contribution in [0.15, 0.2) is 65.6 Å². The highest BCUT2D eigenvalue weighted by Gasteiger charge is 2.52. The second kappa shape index (κ2) is 8.30. The Hall–Kier alpha value is -2.98. The highest BCUT2D eigenvalue weighted by molar-refractivity contribution is 8.22. The van der Waals surface area contributed by atoms with Crippen LogP contribution in [0.25, 0.3) is 11.1 Å². The van der Waals surface area contributed by atoms with E-state index in [4.69, 9.17) is 0 Å². The Kier molecular flexibility index (Phi) is 5.63. The Morgan fingerprint density at radius 2 is 1.69 bits per heavy atom. The summed E-state index contributed by atoms with van der Waals surface area (Å²) in [4.78, 5) is 13.7. The van der Waals surface area contributed by atoms with Crippen molar-refractivity contribution in [3.05, 3.63) is 77.4 Å². The number of ether oxygens (including phenoxy) is 2. The molecule has 0 amide bonds. The zero-order valence-electron chi connectivity index (χ0n) is 19.2. The van der Waals surface area contributed by atoms with Crippen LogP contribution < -0.4 is 14.2 Å². The molecule has 1 fully saturated rings.